The van der Waals surface area contributed by atoms with E-state index in [1.807, 2.05) is 0 Å². The van der Waals surface area contributed by atoms with Crippen LogP contribution in [-0.4, -0.2) is 24.5 Å². The highest BCUT2D eigenvalue weighted by Gasteiger charge is 2.44. The number of likely N-dealkylation sites (tertiary alicyclic amines) is 1. The molecule has 0 aromatic rings. The van der Waals surface area contributed by atoms with Gasteiger partial charge in [-0.2, -0.15) is 5.26 Å². The molecule has 2 heteroatoms. The van der Waals surface area contributed by atoms with Crippen molar-refractivity contribution >= 4 is 0 Å². The van der Waals surface area contributed by atoms with Gasteiger partial charge in [0.25, 0.3) is 0 Å². The van der Waals surface area contributed by atoms with Crippen LogP contribution in [0.5, 0.6) is 0 Å². The number of hydrogen-bond acceptors (Lipinski definition) is 2. The average Bonchev–Trinajstić information content (AvgIpc) is 2.59. The van der Waals surface area contributed by atoms with E-state index in [1.54, 1.807) is 0 Å². The normalized spacial score (nSPS) is 28.3. The van der Waals surface area contributed by atoms with Gasteiger partial charge in [-0.15, -0.1) is 0 Å². The Morgan fingerprint density at radius 1 is 1.27 bits per heavy atom. The third-order valence-electron chi connectivity index (χ3n) is 2.82. The summed E-state index contributed by atoms with van der Waals surface area (Å²) < 4.78 is 0. The van der Waals surface area contributed by atoms with Gasteiger partial charge in [-0.05, 0) is 38.8 Å². The minimum Gasteiger partial charge on any atom is -0.302 e. The SMILES string of the molecule is N#CC1(CN2CCCC2)CC1. The molecule has 0 aromatic carbocycles. The summed E-state index contributed by atoms with van der Waals surface area (Å²) in [7, 11) is 0. The summed E-state index contributed by atoms with van der Waals surface area (Å²) in [5.41, 5.74) is 0.0876. The second-order valence-corrected chi connectivity index (χ2v) is 3.88. The third-order valence-corrected chi connectivity index (χ3v) is 2.82. The fourth-order valence-corrected chi connectivity index (χ4v) is 1.82. The maximum absolute atomic E-state index is 8.84. The molecule has 0 aromatic heterocycles. The first-order chi connectivity index (χ1) is 5.35. The first-order valence-corrected chi connectivity index (χ1v) is 4.48. The van der Waals surface area contributed by atoms with E-state index in [-0.39, 0.29) is 5.41 Å². The Hall–Kier alpha value is -0.550. The summed E-state index contributed by atoms with van der Waals surface area (Å²) in [5.74, 6) is 0. The van der Waals surface area contributed by atoms with E-state index in [4.69, 9.17) is 5.26 Å². The lowest BCUT2D eigenvalue weighted by molar-refractivity contribution is 0.296. The van der Waals surface area contributed by atoms with Crippen molar-refractivity contribution in [2.24, 2.45) is 5.41 Å². The average molecular weight is 150 g/mol. The zero-order valence-corrected chi connectivity index (χ0v) is 6.84. The molecule has 2 fully saturated rings. The molecule has 1 saturated heterocycles. The summed E-state index contributed by atoms with van der Waals surface area (Å²) in [4.78, 5) is 2.44. The minimum absolute atomic E-state index is 0.0876. The highest BCUT2D eigenvalue weighted by Crippen LogP contribution is 2.45. The first-order valence-electron chi connectivity index (χ1n) is 4.48. The van der Waals surface area contributed by atoms with E-state index in [0.29, 0.717) is 0 Å². The topological polar surface area (TPSA) is 27.0 Å². The molecule has 2 nitrogen and oxygen atoms in total. The molecule has 60 valence electrons. The number of hydrogen-bond donors (Lipinski definition) is 0. The monoisotopic (exact) mass is 150 g/mol. The fourth-order valence-electron chi connectivity index (χ4n) is 1.82. The van der Waals surface area contributed by atoms with Crippen LogP contribution in [0.2, 0.25) is 0 Å². The van der Waals surface area contributed by atoms with Gasteiger partial charge >= 0.3 is 0 Å². The van der Waals surface area contributed by atoms with Gasteiger partial charge in [-0.25, -0.2) is 0 Å². The van der Waals surface area contributed by atoms with E-state index in [9.17, 15) is 0 Å². The van der Waals surface area contributed by atoms with Crippen molar-refractivity contribution in [2.75, 3.05) is 19.6 Å². The molecule has 0 N–H and O–H groups in total. The van der Waals surface area contributed by atoms with Crippen molar-refractivity contribution in [1.29, 1.82) is 5.26 Å². The van der Waals surface area contributed by atoms with Crippen molar-refractivity contribution in [3.8, 4) is 6.07 Å². The number of nitrogens with zero attached hydrogens (tertiary/aromatic N) is 2. The summed E-state index contributed by atoms with van der Waals surface area (Å²) >= 11 is 0. The summed E-state index contributed by atoms with van der Waals surface area (Å²) in [6.07, 6.45) is 4.95. The van der Waals surface area contributed by atoms with Crippen LogP contribution < -0.4 is 0 Å². The molecule has 1 heterocycles. The highest BCUT2D eigenvalue weighted by atomic mass is 15.1. The van der Waals surface area contributed by atoms with Gasteiger partial charge in [-0.3, -0.25) is 0 Å². The van der Waals surface area contributed by atoms with Crippen LogP contribution in [0.3, 0.4) is 0 Å². The zero-order valence-electron chi connectivity index (χ0n) is 6.84. The van der Waals surface area contributed by atoms with Crippen molar-refractivity contribution in [2.45, 2.75) is 25.7 Å². The van der Waals surface area contributed by atoms with Gasteiger partial charge < -0.3 is 4.90 Å². The van der Waals surface area contributed by atoms with Crippen LogP contribution in [0.25, 0.3) is 0 Å². The first kappa shape index (κ1) is 7.12. The van der Waals surface area contributed by atoms with E-state index in [0.717, 1.165) is 19.4 Å². The molecular weight excluding hydrogens is 136 g/mol. The summed E-state index contributed by atoms with van der Waals surface area (Å²) in [6.45, 7) is 3.50. The second kappa shape index (κ2) is 2.49. The van der Waals surface area contributed by atoms with E-state index >= 15 is 0 Å². The van der Waals surface area contributed by atoms with Gasteiger partial charge in [0.15, 0.2) is 0 Å². The van der Waals surface area contributed by atoms with Gasteiger partial charge in [0.1, 0.15) is 0 Å². The molecule has 0 bridgehead atoms. The lowest BCUT2D eigenvalue weighted by Crippen LogP contribution is -2.26. The zero-order chi connectivity index (χ0) is 7.73. The maximum atomic E-state index is 8.84. The fraction of sp³-hybridized carbons (Fsp3) is 0.889. The standard InChI is InChI=1S/C9H14N2/c10-7-9(3-4-9)8-11-5-1-2-6-11/h1-6,8H2. The van der Waals surface area contributed by atoms with Gasteiger partial charge in [0.05, 0.1) is 11.5 Å². The molecule has 11 heavy (non-hydrogen) atoms. The van der Waals surface area contributed by atoms with Gasteiger partial charge in [0, 0.05) is 6.54 Å². The van der Waals surface area contributed by atoms with Crippen LogP contribution in [0, 0.1) is 16.7 Å². The van der Waals surface area contributed by atoms with Gasteiger partial charge in [0.2, 0.25) is 0 Å². The Labute approximate surface area is 67.8 Å². The Bertz CT molecular complexity index is 182. The maximum Gasteiger partial charge on any atom is 0.0703 e. The Kier molecular flexibility index (Phi) is 1.61. The minimum atomic E-state index is 0.0876. The molecule has 1 aliphatic heterocycles. The lowest BCUT2D eigenvalue weighted by atomic mass is 10.1. The van der Waals surface area contributed by atoms with E-state index in [2.05, 4.69) is 11.0 Å². The Balaban J connectivity index is 1.85. The molecule has 1 saturated carbocycles. The van der Waals surface area contributed by atoms with Crippen molar-refractivity contribution in [3.63, 3.8) is 0 Å². The van der Waals surface area contributed by atoms with Gasteiger partial charge in [-0.1, -0.05) is 0 Å². The van der Waals surface area contributed by atoms with Crippen molar-refractivity contribution in [3.05, 3.63) is 0 Å². The molecule has 0 radical (unpaired) electrons. The smallest absolute Gasteiger partial charge is 0.0703 e. The predicted molar refractivity (Wildman–Crippen MR) is 43.0 cm³/mol. The predicted octanol–water partition coefficient (Wildman–Crippen LogP) is 1.39. The lowest BCUT2D eigenvalue weighted by Gasteiger charge is -2.16. The van der Waals surface area contributed by atoms with E-state index in [1.165, 1.54) is 25.9 Å². The van der Waals surface area contributed by atoms with Crippen LogP contribution >= 0.6 is 0 Å². The molecule has 1 aliphatic carbocycles. The Morgan fingerprint density at radius 3 is 2.36 bits per heavy atom. The molecule has 0 amide bonds. The van der Waals surface area contributed by atoms with Crippen LogP contribution in [0.15, 0.2) is 0 Å². The number of nitriles is 1. The Morgan fingerprint density at radius 2 is 1.91 bits per heavy atom. The summed E-state index contributed by atoms with van der Waals surface area (Å²) in [5, 5.41) is 8.84. The third kappa shape index (κ3) is 1.39. The van der Waals surface area contributed by atoms with Crippen molar-refractivity contribution < 1.29 is 0 Å². The molecule has 0 atom stereocenters. The van der Waals surface area contributed by atoms with Crippen LogP contribution in [0.1, 0.15) is 25.7 Å². The van der Waals surface area contributed by atoms with Crippen molar-refractivity contribution in [1.82, 2.24) is 4.90 Å². The second-order valence-electron chi connectivity index (χ2n) is 3.88. The largest absolute Gasteiger partial charge is 0.302 e. The molecule has 2 aliphatic rings. The molecular formula is C9H14N2. The van der Waals surface area contributed by atoms with Crippen LogP contribution in [0.4, 0.5) is 0 Å². The van der Waals surface area contributed by atoms with E-state index < -0.39 is 0 Å². The molecule has 2 rings (SSSR count). The number of rotatable bonds is 2. The van der Waals surface area contributed by atoms with Crippen LogP contribution in [-0.2, 0) is 0 Å². The summed E-state index contributed by atoms with van der Waals surface area (Å²) in [6, 6.07) is 2.44. The molecule has 0 spiro atoms. The quantitative estimate of drug-likeness (QED) is 0.594. The highest BCUT2D eigenvalue weighted by molar-refractivity contribution is 5.11. The molecule has 0 unspecified atom stereocenters.